The fourth-order valence-corrected chi connectivity index (χ4v) is 1.04. The summed E-state index contributed by atoms with van der Waals surface area (Å²) in [6.45, 7) is 0. The Kier molecular flexibility index (Phi) is 1.80. The molecule has 12 heavy (non-hydrogen) atoms. The highest BCUT2D eigenvalue weighted by atomic mass is 35.5. The van der Waals surface area contributed by atoms with Gasteiger partial charge in [0.25, 0.3) is 0 Å². The number of H-pyrrole nitrogens is 1. The summed E-state index contributed by atoms with van der Waals surface area (Å²) < 4.78 is 0. The van der Waals surface area contributed by atoms with Crippen molar-refractivity contribution in [1.29, 1.82) is 0 Å². The van der Waals surface area contributed by atoms with Crippen molar-refractivity contribution in [2.45, 2.75) is 0 Å². The molecule has 2 heterocycles. The molecule has 0 amide bonds. The van der Waals surface area contributed by atoms with Crippen molar-refractivity contribution in [2.24, 2.45) is 0 Å². The van der Waals surface area contributed by atoms with Gasteiger partial charge in [-0.1, -0.05) is 11.6 Å². The molecule has 0 aromatic carbocycles. The number of hydrogen-bond donors (Lipinski definition) is 1. The third kappa shape index (κ3) is 1.31. The molecule has 0 aliphatic heterocycles. The molecule has 0 saturated carbocycles. The summed E-state index contributed by atoms with van der Waals surface area (Å²) in [5.41, 5.74) is 1.74. The molecule has 0 fully saturated rings. The molecule has 0 spiro atoms. The van der Waals surface area contributed by atoms with Crippen molar-refractivity contribution in [3.8, 4) is 11.4 Å². The lowest BCUT2D eigenvalue weighted by molar-refractivity contribution is 1.27. The summed E-state index contributed by atoms with van der Waals surface area (Å²) in [5, 5.41) is 0.637. The van der Waals surface area contributed by atoms with E-state index in [2.05, 4.69) is 15.0 Å². The molecule has 0 unspecified atom stereocenters. The molecule has 0 aliphatic carbocycles. The van der Waals surface area contributed by atoms with E-state index in [0.29, 0.717) is 5.02 Å². The maximum Gasteiger partial charge on any atom is 0.0924 e. The zero-order valence-corrected chi connectivity index (χ0v) is 6.92. The third-order valence-corrected chi connectivity index (χ3v) is 1.73. The number of imidazole rings is 1. The second kappa shape index (κ2) is 2.95. The molecular weight excluding hydrogens is 174 g/mol. The number of aromatic amines is 1. The van der Waals surface area contributed by atoms with E-state index in [1.165, 1.54) is 0 Å². The third-order valence-electron chi connectivity index (χ3n) is 1.50. The summed E-state index contributed by atoms with van der Waals surface area (Å²) in [5.74, 6) is 0. The van der Waals surface area contributed by atoms with Gasteiger partial charge in [0, 0.05) is 6.20 Å². The Morgan fingerprint density at radius 3 is 2.75 bits per heavy atom. The monoisotopic (exact) mass is 179 g/mol. The minimum Gasteiger partial charge on any atom is -0.343 e. The smallest absolute Gasteiger partial charge is 0.0924 e. The summed E-state index contributed by atoms with van der Waals surface area (Å²) in [6, 6.07) is 3.64. The van der Waals surface area contributed by atoms with Crippen LogP contribution in [0.2, 0.25) is 5.02 Å². The van der Waals surface area contributed by atoms with E-state index >= 15 is 0 Å². The van der Waals surface area contributed by atoms with Crippen molar-refractivity contribution in [1.82, 2.24) is 15.0 Å². The fourth-order valence-electron chi connectivity index (χ4n) is 0.931. The molecule has 0 bridgehead atoms. The molecule has 2 rings (SSSR count). The second-order valence-electron chi connectivity index (χ2n) is 2.33. The Morgan fingerprint density at radius 2 is 2.17 bits per heavy atom. The molecular formula is C8H6ClN3. The maximum absolute atomic E-state index is 5.68. The first kappa shape index (κ1) is 7.31. The Labute approximate surface area is 74.4 Å². The standard InChI is InChI=1S/C8H6ClN3/c9-6-1-2-7(11-3-6)8-4-10-5-12-8/h1-5H,(H,10,12). The lowest BCUT2D eigenvalue weighted by Crippen LogP contribution is -1.81. The van der Waals surface area contributed by atoms with Gasteiger partial charge in [0.05, 0.1) is 28.9 Å². The molecule has 1 N–H and O–H groups in total. The average molecular weight is 180 g/mol. The summed E-state index contributed by atoms with van der Waals surface area (Å²) in [4.78, 5) is 11.0. The lowest BCUT2D eigenvalue weighted by Gasteiger charge is -1.94. The van der Waals surface area contributed by atoms with E-state index in [-0.39, 0.29) is 0 Å². The number of nitrogens with one attached hydrogen (secondary N) is 1. The molecule has 60 valence electrons. The number of nitrogens with zero attached hydrogens (tertiary/aromatic N) is 2. The average Bonchev–Trinajstić information content (AvgIpc) is 2.58. The highest BCUT2D eigenvalue weighted by Crippen LogP contribution is 2.14. The molecule has 2 aromatic heterocycles. The highest BCUT2D eigenvalue weighted by Gasteiger charge is 1.98. The second-order valence-corrected chi connectivity index (χ2v) is 2.76. The lowest BCUT2D eigenvalue weighted by atomic mass is 10.3. The molecule has 0 atom stereocenters. The van der Waals surface area contributed by atoms with E-state index in [4.69, 9.17) is 11.6 Å². The van der Waals surface area contributed by atoms with Crippen molar-refractivity contribution >= 4 is 11.6 Å². The van der Waals surface area contributed by atoms with Crippen LogP contribution in [0.15, 0.2) is 30.9 Å². The first-order valence-electron chi connectivity index (χ1n) is 3.46. The maximum atomic E-state index is 5.68. The number of halogens is 1. The van der Waals surface area contributed by atoms with Crippen LogP contribution in [0.1, 0.15) is 0 Å². The zero-order chi connectivity index (χ0) is 8.39. The molecule has 4 heteroatoms. The van der Waals surface area contributed by atoms with Crippen LogP contribution < -0.4 is 0 Å². The van der Waals surface area contributed by atoms with Crippen LogP contribution in [0, 0.1) is 0 Å². The zero-order valence-electron chi connectivity index (χ0n) is 6.16. The van der Waals surface area contributed by atoms with Crippen LogP contribution in [0.4, 0.5) is 0 Å². The first-order chi connectivity index (χ1) is 5.86. The van der Waals surface area contributed by atoms with Crippen LogP contribution in [-0.4, -0.2) is 15.0 Å². The van der Waals surface area contributed by atoms with Gasteiger partial charge < -0.3 is 4.98 Å². The number of pyridine rings is 1. The number of rotatable bonds is 1. The number of hydrogen-bond acceptors (Lipinski definition) is 2. The quantitative estimate of drug-likeness (QED) is 0.729. The van der Waals surface area contributed by atoms with E-state index in [9.17, 15) is 0 Å². The molecule has 0 aliphatic rings. The van der Waals surface area contributed by atoms with Crippen LogP contribution >= 0.6 is 11.6 Å². The van der Waals surface area contributed by atoms with Crippen molar-refractivity contribution in [3.05, 3.63) is 35.9 Å². The summed E-state index contributed by atoms with van der Waals surface area (Å²) >= 11 is 5.68. The van der Waals surface area contributed by atoms with E-state index in [0.717, 1.165) is 11.4 Å². The number of aromatic nitrogens is 3. The first-order valence-corrected chi connectivity index (χ1v) is 3.84. The normalized spacial score (nSPS) is 10.1. The van der Waals surface area contributed by atoms with E-state index in [1.807, 2.05) is 6.07 Å². The van der Waals surface area contributed by atoms with Crippen LogP contribution in [0.25, 0.3) is 11.4 Å². The Morgan fingerprint density at radius 1 is 1.25 bits per heavy atom. The Hall–Kier alpha value is -1.35. The van der Waals surface area contributed by atoms with Gasteiger partial charge in [-0.2, -0.15) is 0 Å². The Bertz CT molecular complexity index is 352. The predicted molar refractivity (Wildman–Crippen MR) is 46.8 cm³/mol. The summed E-state index contributed by atoms with van der Waals surface area (Å²) in [7, 11) is 0. The van der Waals surface area contributed by atoms with E-state index in [1.54, 1.807) is 24.8 Å². The SMILES string of the molecule is Clc1ccc(-c2cnc[nH]2)nc1. The van der Waals surface area contributed by atoms with Gasteiger partial charge in [0.2, 0.25) is 0 Å². The van der Waals surface area contributed by atoms with E-state index < -0.39 is 0 Å². The predicted octanol–water partition coefficient (Wildman–Crippen LogP) is 2.13. The van der Waals surface area contributed by atoms with Crippen molar-refractivity contribution in [2.75, 3.05) is 0 Å². The van der Waals surface area contributed by atoms with Crippen molar-refractivity contribution in [3.63, 3.8) is 0 Å². The van der Waals surface area contributed by atoms with Gasteiger partial charge in [-0.15, -0.1) is 0 Å². The van der Waals surface area contributed by atoms with Crippen molar-refractivity contribution < 1.29 is 0 Å². The van der Waals surface area contributed by atoms with Gasteiger partial charge >= 0.3 is 0 Å². The minimum absolute atomic E-state index is 0.637. The molecule has 3 nitrogen and oxygen atoms in total. The minimum atomic E-state index is 0.637. The van der Waals surface area contributed by atoms with Gasteiger partial charge in [0.1, 0.15) is 0 Å². The Balaban J connectivity index is 2.43. The highest BCUT2D eigenvalue weighted by molar-refractivity contribution is 6.30. The van der Waals surface area contributed by atoms with Gasteiger partial charge in [0.15, 0.2) is 0 Å². The van der Waals surface area contributed by atoms with Crippen LogP contribution in [-0.2, 0) is 0 Å². The molecule has 2 aromatic rings. The van der Waals surface area contributed by atoms with Crippen LogP contribution in [0.3, 0.4) is 0 Å². The largest absolute Gasteiger partial charge is 0.343 e. The van der Waals surface area contributed by atoms with Gasteiger partial charge in [-0.25, -0.2) is 4.98 Å². The topological polar surface area (TPSA) is 41.6 Å². The molecule has 0 saturated heterocycles. The molecule has 0 radical (unpaired) electrons. The summed E-state index contributed by atoms with van der Waals surface area (Å²) in [6.07, 6.45) is 4.94. The van der Waals surface area contributed by atoms with Crippen LogP contribution in [0.5, 0.6) is 0 Å². The fraction of sp³-hybridized carbons (Fsp3) is 0. The van der Waals surface area contributed by atoms with Gasteiger partial charge in [-0.3, -0.25) is 4.98 Å². The van der Waals surface area contributed by atoms with Gasteiger partial charge in [-0.05, 0) is 12.1 Å².